The van der Waals surface area contributed by atoms with Gasteiger partial charge in [-0.2, -0.15) is 0 Å². The predicted molar refractivity (Wildman–Crippen MR) is 71.3 cm³/mol. The van der Waals surface area contributed by atoms with Gasteiger partial charge in [-0.3, -0.25) is 4.90 Å². The van der Waals surface area contributed by atoms with Crippen LogP contribution in [0.15, 0.2) is 5.51 Å². The first-order valence-electron chi connectivity index (χ1n) is 6.71. The zero-order valence-electron chi connectivity index (χ0n) is 10.5. The number of aromatic nitrogens is 1. The Morgan fingerprint density at radius 2 is 2.41 bits per heavy atom. The minimum atomic E-state index is 0.741. The molecule has 2 fully saturated rings. The maximum Gasteiger partial charge on any atom is 0.0798 e. The molecule has 17 heavy (non-hydrogen) atoms. The Morgan fingerprint density at radius 3 is 3.12 bits per heavy atom. The molecule has 3 rings (SSSR count). The van der Waals surface area contributed by atoms with Gasteiger partial charge in [0.15, 0.2) is 0 Å². The molecule has 0 amide bonds. The van der Waals surface area contributed by atoms with Gasteiger partial charge in [-0.15, -0.1) is 11.3 Å². The highest BCUT2D eigenvalue weighted by Crippen LogP contribution is 2.27. The van der Waals surface area contributed by atoms with Gasteiger partial charge in [0.2, 0.25) is 0 Å². The Hall–Kier alpha value is -0.450. The van der Waals surface area contributed by atoms with Crippen LogP contribution >= 0.6 is 11.3 Å². The van der Waals surface area contributed by atoms with E-state index in [1.54, 1.807) is 0 Å². The van der Waals surface area contributed by atoms with Gasteiger partial charge in [-0.05, 0) is 45.7 Å². The molecule has 0 radical (unpaired) electrons. The smallest absolute Gasteiger partial charge is 0.0798 e. The van der Waals surface area contributed by atoms with Crippen molar-refractivity contribution < 1.29 is 0 Å². The molecule has 2 aliphatic heterocycles. The number of hydrogen-bond acceptors (Lipinski definition) is 4. The first kappa shape index (κ1) is 11.6. The topological polar surface area (TPSA) is 28.2 Å². The summed E-state index contributed by atoms with van der Waals surface area (Å²) >= 11 is 1.81. The Bertz CT molecular complexity index is 370. The lowest BCUT2D eigenvalue weighted by atomic mass is 10.0. The van der Waals surface area contributed by atoms with Crippen molar-refractivity contribution in [3.05, 3.63) is 16.1 Å². The van der Waals surface area contributed by atoms with Crippen LogP contribution in [-0.2, 0) is 6.54 Å². The van der Waals surface area contributed by atoms with Crippen LogP contribution in [0.4, 0.5) is 0 Å². The summed E-state index contributed by atoms with van der Waals surface area (Å²) < 4.78 is 0. The lowest BCUT2D eigenvalue weighted by Gasteiger charge is -2.29. The maximum atomic E-state index is 4.36. The molecule has 1 aromatic rings. The van der Waals surface area contributed by atoms with Gasteiger partial charge in [0.05, 0.1) is 11.2 Å². The second-order valence-electron chi connectivity index (χ2n) is 5.24. The first-order valence-corrected chi connectivity index (χ1v) is 7.59. The molecule has 3 heterocycles. The molecule has 3 nitrogen and oxygen atoms in total. The lowest BCUT2D eigenvalue weighted by molar-refractivity contribution is 0.208. The third-order valence-corrected chi connectivity index (χ3v) is 5.09. The van der Waals surface area contributed by atoms with Crippen LogP contribution in [0.1, 0.15) is 36.3 Å². The average molecular weight is 251 g/mol. The summed E-state index contributed by atoms with van der Waals surface area (Å²) in [6, 6.07) is 1.50. The van der Waals surface area contributed by atoms with Crippen molar-refractivity contribution in [1.29, 1.82) is 0 Å². The summed E-state index contributed by atoms with van der Waals surface area (Å²) in [5.74, 6) is 0. The summed E-state index contributed by atoms with van der Waals surface area (Å²) in [5, 5.41) is 3.67. The summed E-state index contributed by atoms with van der Waals surface area (Å²) in [7, 11) is 0. The third kappa shape index (κ3) is 2.39. The number of nitrogens with zero attached hydrogens (tertiary/aromatic N) is 2. The van der Waals surface area contributed by atoms with E-state index in [-0.39, 0.29) is 0 Å². The Labute approximate surface area is 107 Å². The molecule has 0 aliphatic carbocycles. The Morgan fingerprint density at radius 1 is 1.47 bits per heavy atom. The fourth-order valence-electron chi connectivity index (χ4n) is 3.21. The van der Waals surface area contributed by atoms with E-state index >= 15 is 0 Å². The van der Waals surface area contributed by atoms with Gasteiger partial charge in [0, 0.05) is 23.5 Å². The van der Waals surface area contributed by atoms with Gasteiger partial charge in [-0.1, -0.05) is 0 Å². The number of likely N-dealkylation sites (tertiary alicyclic amines) is 1. The van der Waals surface area contributed by atoms with Crippen LogP contribution in [0.5, 0.6) is 0 Å². The lowest BCUT2D eigenvalue weighted by Crippen LogP contribution is -2.43. The van der Waals surface area contributed by atoms with Crippen molar-refractivity contribution in [2.75, 3.05) is 13.1 Å². The van der Waals surface area contributed by atoms with Gasteiger partial charge in [-0.25, -0.2) is 4.98 Å². The van der Waals surface area contributed by atoms with Crippen molar-refractivity contribution >= 4 is 11.3 Å². The van der Waals surface area contributed by atoms with E-state index in [9.17, 15) is 0 Å². The molecule has 4 heteroatoms. The molecule has 0 aromatic carbocycles. The van der Waals surface area contributed by atoms with E-state index in [4.69, 9.17) is 0 Å². The Kier molecular flexibility index (Phi) is 3.45. The molecular weight excluding hydrogens is 230 g/mol. The molecular formula is C13H21N3S. The van der Waals surface area contributed by atoms with Crippen LogP contribution in [0, 0.1) is 6.92 Å². The van der Waals surface area contributed by atoms with Crippen LogP contribution in [0.25, 0.3) is 0 Å². The fourth-order valence-corrected chi connectivity index (χ4v) is 4.01. The van der Waals surface area contributed by atoms with Crippen LogP contribution in [-0.4, -0.2) is 35.1 Å². The molecule has 0 bridgehead atoms. The van der Waals surface area contributed by atoms with Gasteiger partial charge >= 0.3 is 0 Å². The molecule has 0 spiro atoms. The highest BCUT2D eigenvalue weighted by molar-refractivity contribution is 7.09. The normalized spacial score (nSPS) is 30.2. The minimum Gasteiger partial charge on any atom is -0.312 e. The highest BCUT2D eigenvalue weighted by Gasteiger charge is 2.33. The first-order chi connectivity index (χ1) is 8.34. The minimum absolute atomic E-state index is 0.741. The predicted octanol–water partition coefficient (Wildman–Crippen LogP) is 2.17. The van der Waals surface area contributed by atoms with E-state index in [0.717, 1.165) is 18.6 Å². The number of hydrogen-bond donors (Lipinski definition) is 1. The second kappa shape index (κ2) is 5.04. The van der Waals surface area contributed by atoms with Crippen molar-refractivity contribution in [2.45, 2.75) is 51.2 Å². The van der Waals surface area contributed by atoms with E-state index in [1.165, 1.54) is 49.3 Å². The zero-order valence-corrected chi connectivity index (χ0v) is 11.3. The zero-order chi connectivity index (χ0) is 11.7. The number of aryl methyl sites for hydroxylation is 1. The van der Waals surface area contributed by atoms with Gasteiger partial charge in [0.25, 0.3) is 0 Å². The standard InChI is InChI=1S/C13H21N3S/c1-10-13(17-9-15-10)8-16-7-3-5-12(16)11-4-2-6-14-11/h9,11-12,14H,2-8H2,1H3. The van der Waals surface area contributed by atoms with Gasteiger partial charge < -0.3 is 5.32 Å². The largest absolute Gasteiger partial charge is 0.312 e. The highest BCUT2D eigenvalue weighted by atomic mass is 32.1. The van der Waals surface area contributed by atoms with Gasteiger partial charge in [0.1, 0.15) is 0 Å². The van der Waals surface area contributed by atoms with Crippen LogP contribution in [0.3, 0.4) is 0 Å². The molecule has 2 unspecified atom stereocenters. The summed E-state index contributed by atoms with van der Waals surface area (Å²) in [4.78, 5) is 8.48. The molecule has 94 valence electrons. The number of nitrogens with one attached hydrogen (secondary N) is 1. The number of rotatable bonds is 3. The van der Waals surface area contributed by atoms with E-state index < -0.39 is 0 Å². The summed E-state index contributed by atoms with van der Waals surface area (Å²) in [5.41, 5.74) is 3.20. The van der Waals surface area contributed by atoms with E-state index in [2.05, 4.69) is 22.1 Å². The molecule has 2 atom stereocenters. The van der Waals surface area contributed by atoms with Crippen LogP contribution < -0.4 is 5.32 Å². The van der Waals surface area contributed by atoms with Crippen molar-refractivity contribution in [2.24, 2.45) is 0 Å². The SMILES string of the molecule is Cc1ncsc1CN1CCCC1C1CCCN1. The third-order valence-electron chi connectivity index (χ3n) is 4.17. The van der Waals surface area contributed by atoms with Crippen LogP contribution in [0.2, 0.25) is 0 Å². The molecule has 0 saturated carbocycles. The second-order valence-corrected chi connectivity index (χ2v) is 6.18. The summed E-state index contributed by atoms with van der Waals surface area (Å²) in [6.45, 7) is 5.72. The summed E-state index contributed by atoms with van der Waals surface area (Å²) in [6.07, 6.45) is 5.45. The Balaban J connectivity index is 1.67. The van der Waals surface area contributed by atoms with Crippen molar-refractivity contribution in [3.63, 3.8) is 0 Å². The van der Waals surface area contributed by atoms with E-state index in [0.29, 0.717) is 0 Å². The number of thiazole rings is 1. The molecule has 1 aromatic heterocycles. The molecule has 2 saturated heterocycles. The van der Waals surface area contributed by atoms with Crippen molar-refractivity contribution in [3.8, 4) is 0 Å². The van der Waals surface area contributed by atoms with Crippen molar-refractivity contribution in [1.82, 2.24) is 15.2 Å². The molecule has 2 aliphatic rings. The quantitative estimate of drug-likeness (QED) is 0.892. The fraction of sp³-hybridized carbons (Fsp3) is 0.769. The monoisotopic (exact) mass is 251 g/mol. The van der Waals surface area contributed by atoms with E-state index in [1.807, 2.05) is 16.8 Å². The molecule has 1 N–H and O–H groups in total. The maximum absolute atomic E-state index is 4.36. The average Bonchev–Trinajstić information content (AvgIpc) is 3.02.